The lowest BCUT2D eigenvalue weighted by molar-refractivity contribution is 0.102. The van der Waals surface area contributed by atoms with E-state index < -0.39 is 15.9 Å². The average Bonchev–Trinajstić information content (AvgIpc) is 2.56. The fourth-order valence-corrected chi connectivity index (χ4v) is 3.87. The molecule has 26 heavy (non-hydrogen) atoms. The fraction of sp³-hybridized carbons (Fsp3) is 0.278. The molecule has 0 aromatic heterocycles. The van der Waals surface area contributed by atoms with E-state index in [4.69, 9.17) is 16.3 Å². The van der Waals surface area contributed by atoms with Crippen molar-refractivity contribution in [2.75, 3.05) is 11.9 Å². The van der Waals surface area contributed by atoms with Crippen molar-refractivity contribution in [3.05, 3.63) is 53.1 Å². The lowest BCUT2D eigenvalue weighted by atomic mass is 10.2. The standard InChI is InChI=1S/C18H21ClN2O4S/c1-4-25-16-10-9-13(11-17(16)26(23,24)21-12(2)3)18(22)20-15-8-6-5-7-14(15)19/h5-12,21H,4H2,1-3H3,(H,20,22). The zero-order valence-electron chi connectivity index (χ0n) is 14.7. The number of nitrogens with one attached hydrogen (secondary N) is 2. The second-order valence-electron chi connectivity index (χ2n) is 5.80. The van der Waals surface area contributed by atoms with Gasteiger partial charge in [-0.15, -0.1) is 0 Å². The Labute approximate surface area is 158 Å². The van der Waals surface area contributed by atoms with Crippen molar-refractivity contribution in [3.8, 4) is 5.75 Å². The van der Waals surface area contributed by atoms with Crippen LogP contribution in [0.5, 0.6) is 5.75 Å². The van der Waals surface area contributed by atoms with Crippen molar-refractivity contribution >= 4 is 33.2 Å². The smallest absolute Gasteiger partial charge is 0.255 e. The number of sulfonamides is 1. The first kappa shape index (κ1) is 20.2. The van der Waals surface area contributed by atoms with Crippen LogP contribution >= 0.6 is 11.6 Å². The number of para-hydroxylation sites is 1. The summed E-state index contributed by atoms with van der Waals surface area (Å²) in [6.45, 7) is 5.48. The van der Waals surface area contributed by atoms with Gasteiger partial charge in [0.2, 0.25) is 10.0 Å². The Kier molecular flexibility index (Phi) is 6.63. The number of hydrogen-bond donors (Lipinski definition) is 2. The van der Waals surface area contributed by atoms with Crippen molar-refractivity contribution in [1.82, 2.24) is 4.72 Å². The summed E-state index contributed by atoms with van der Waals surface area (Å²) < 4.78 is 33.1. The molecule has 140 valence electrons. The summed E-state index contributed by atoms with van der Waals surface area (Å²) >= 11 is 6.04. The van der Waals surface area contributed by atoms with Crippen LogP contribution in [0.2, 0.25) is 5.02 Å². The van der Waals surface area contributed by atoms with Gasteiger partial charge in [-0.05, 0) is 51.1 Å². The van der Waals surface area contributed by atoms with Gasteiger partial charge in [0.25, 0.3) is 5.91 Å². The van der Waals surface area contributed by atoms with Crippen LogP contribution in [0.15, 0.2) is 47.4 Å². The minimum Gasteiger partial charge on any atom is -0.492 e. The number of carbonyl (C=O) groups excluding carboxylic acids is 1. The van der Waals surface area contributed by atoms with Crippen LogP contribution in [0.4, 0.5) is 5.69 Å². The van der Waals surface area contributed by atoms with E-state index in [1.807, 2.05) is 0 Å². The van der Waals surface area contributed by atoms with Gasteiger partial charge in [-0.25, -0.2) is 13.1 Å². The zero-order chi connectivity index (χ0) is 19.3. The van der Waals surface area contributed by atoms with Crippen LogP contribution in [0, 0.1) is 0 Å². The summed E-state index contributed by atoms with van der Waals surface area (Å²) in [4.78, 5) is 12.4. The number of ether oxygens (including phenoxy) is 1. The molecule has 2 N–H and O–H groups in total. The maximum absolute atomic E-state index is 12.6. The van der Waals surface area contributed by atoms with E-state index in [1.165, 1.54) is 18.2 Å². The molecule has 2 aromatic rings. The molecule has 0 saturated heterocycles. The van der Waals surface area contributed by atoms with Crippen LogP contribution in [0.25, 0.3) is 0 Å². The van der Waals surface area contributed by atoms with E-state index in [2.05, 4.69) is 10.0 Å². The van der Waals surface area contributed by atoms with Crippen molar-refractivity contribution in [2.45, 2.75) is 31.7 Å². The summed E-state index contributed by atoms with van der Waals surface area (Å²) in [5.41, 5.74) is 0.621. The van der Waals surface area contributed by atoms with Crippen molar-refractivity contribution < 1.29 is 17.9 Å². The number of amides is 1. The van der Waals surface area contributed by atoms with Gasteiger partial charge in [0.05, 0.1) is 17.3 Å². The van der Waals surface area contributed by atoms with E-state index >= 15 is 0 Å². The normalized spacial score (nSPS) is 11.4. The zero-order valence-corrected chi connectivity index (χ0v) is 16.3. The van der Waals surface area contributed by atoms with E-state index in [9.17, 15) is 13.2 Å². The second-order valence-corrected chi connectivity index (χ2v) is 7.89. The molecule has 2 rings (SSSR count). The molecule has 0 aliphatic carbocycles. The number of rotatable bonds is 7. The Morgan fingerprint density at radius 1 is 1.19 bits per heavy atom. The first-order chi connectivity index (χ1) is 12.2. The summed E-state index contributed by atoms with van der Waals surface area (Å²) in [6.07, 6.45) is 0. The molecule has 0 radical (unpaired) electrons. The summed E-state index contributed by atoms with van der Waals surface area (Å²) in [5.74, 6) is -0.280. The minimum atomic E-state index is -3.83. The fourth-order valence-electron chi connectivity index (χ4n) is 2.26. The largest absolute Gasteiger partial charge is 0.492 e. The van der Waals surface area contributed by atoms with Gasteiger partial charge in [-0.1, -0.05) is 23.7 Å². The highest BCUT2D eigenvalue weighted by Crippen LogP contribution is 2.27. The molecule has 0 heterocycles. The first-order valence-corrected chi connectivity index (χ1v) is 9.95. The van der Waals surface area contributed by atoms with E-state index in [1.54, 1.807) is 45.0 Å². The van der Waals surface area contributed by atoms with Crippen molar-refractivity contribution in [2.24, 2.45) is 0 Å². The maximum atomic E-state index is 12.6. The molecule has 0 bridgehead atoms. The molecule has 0 atom stereocenters. The van der Waals surface area contributed by atoms with Crippen LogP contribution in [0.1, 0.15) is 31.1 Å². The van der Waals surface area contributed by atoms with Gasteiger partial charge in [0.1, 0.15) is 10.6 Å². The molecule has 1 amide bonds. The molecule has 0 unspecified atom stereocenters. The first-order valence-electron chi connectivity index (χ1n) is 8.09. The van der Waals surface area contributed by atoms with Crippen LogP contribution in [-0.4, -0.2) is 27.0 Å². The highest BCUT2D eigenvalue weighted by Gasteiger charge is 2.23. The molecule has 2 aromatic carbocycles. The van der Waals surface area contributed by atoms with E-state index in [0.29, 0.717) is 17.3 Å². The summed E-state index contributed by atoms with van der Waals surface area (Å²) in [7, 11) is -3.83. The quantitative estimate of drug-likeness (QED) is 0.747. The lowest BCUT2D eigenvalue weighted by Gasteiger charge is -2.15. The summed E-state index contributed by atoms with van der Waals surface area (Å²) in [5, 5.41) is 3.06. The predicted octanol–water partition coefficient (Wildman–Crippen LogP) is 3.68. The third-order valence-electron chi connectivity index (χ3n) is 3.31. The third-order valence-corrected chi connectivity index (χ3v) is 5.32. The van der Waals surface area contributed by atoms with Crippen molar-refractivity contribution in [1.29, 1.82) is 0 Å². The van der Waals surface area contributed by atoms with Gasteiger partial charge >= 0.3 is 0 Å². The monoisotopic (exact) mass is 396 g/mol. The molecule has 0 aliphatic rings. The van der Waals surface area contributed by atoms with Crippen LogP contribution in [-0.2, 0) is 10.0 Å². The van der Waals surface area contributed by atoms with Gasteiger partial charge in [0, 0.05) is 11.6 Å². The van der Waals surface area contributed by atoms with Crippen LogP contribution < -0.4 is 14.8 Å². The molecule has 6 nitrogen and oxygen atoms in total. The molecule has 0 saturated carbocycles. The summed E-state index contributed by atoms with van der Waals surface area (Å²) in [6, 6.07) is 10.8. The third kappa shape index (κ3) is 4.97. The highest BCUT2D eigenvalue weighted by atomic mass is 35.5. The molecule has 0 spiro atoms. The van der Waals surface area contributed by atoms with Gasteiger partial charge in [0.15, 0.2) is 0 Å². The van der Waals surface area contributed by atoms with Gasteiger partial charge in [-0.2, -0.15) is 0 Å². The van der Waals surface area contributed by atoms with Gasteiger partial charge in [-0.3, -0.25) is 4.79 Å². The molecule has 0 fully saturated rings. The van der Waals surface area contributed by atoms with E-state index in [0.717, 1.165) is 0 Å². The number of benzene rings is 2. The predicted molar refractivity (Wildman–Crippen MR) is 102 cm³/mol. The number of hydrogen-bond acceptors (Lipinski definition) is 4. The Balaban J connectivity index is 2.40. The minimum absolute atomic E-state index is 0.0835. The molecular weight excluding hydrogens is 376 g/mol. The maximum Gasteiger partial charge on any atom is 0.255 e. The van der Waals surface area contributed by atoms with Gasteiger partial charge < -0.3 is 10.1 Å². The Morgan fingerprint density at radius 2 is 1.88 bits per heavy atom. The molecule has 8 heteroatoms. The number of carbonyl (C=O) groups is 1. The molecule has 0 aliphatic heterocycles. The second kappa shape index (κ2) is 8.53. The van der Waals surface area contributed by atoms with Crippen molar-refractivity contribution in [3.63, 3.8) is 0 Å². The number of halogens is 1. The average molecular weight is 397 g/mol. The Morgan fingerprint density at radius 3 is 2.50 bits per heavy atom. The highest BCUT2D eigenvalue weighted by molar-refractivity contribution is 7.89. The lowest BCUT2D eigenvalue weighted by Crippen LogP contribution is -2.30. The molecular formula is C18H21ClN2O4S. The van der Waals surface area contributed by atoms with E-state index in [-0.39, 0.29) is 22.3 Å². The number of anilines is 1. The Hall–Kier alpha value is -2.09. The Bertz CT molecular complexity index is 898. The SMILES string of the molecule is CCOc1ccc(C(=O)Nc2ccccc2Cl)cc1S(=O)(=O)NC(C)C. The van der Waals surface area contributed by atoms with Crippen LogP contribution in [0.3, 0.4) is 0 Å². The topological polar surface area (TPSA) is 84.5 Å².